The van der Waals surface area contributed by atoms with Gasteiger partial charge in [0.25, 0.3) is 0 Å². The van der Waals surface area contributed by atoms with Gasteiger partial charge in [0.05, 0.1) is 5.69 Å². The standard InChI is InChI=1S/C20H30N4O2.HI/c1-4-16(5-2)19-13-18(26-24-19)14-23-20(21-6-3)22-11-10-15-8-7-9-17(25)12-15;/h7-9,12-13,16,25H,4-6,10-11,14H2,1-3H3,(H2,21,22,23);1H. The first-order valence-electron chi connectivity index (χ1n) is 9.41. The van der Waals surface area contributed by atoms with Gasteiger partial charge in [-0.05, 0) is 43.9 Å². The highest BCUT2D eigenvalue weighted by Gasteiger charge is 2.12. The number of guanidine groups is 1. The molecule has 0 saturated carbocycles. The van der Waals surface area contributed by atoms with Gasteiger partial charge >= 0.3 is 0 Å². The maximum absolute atomic E-state index is 9.52. The topological polar surface area (TPSA) is 82.7 Å². The number of phenols is 1. The van der Waals surface area contributed by atoms with E-state index in [9.17, 15) is 5.11 Å². The fraction of sp³-hybridized carbons (Fsp3) is 0.500. The number of halogens is 1. The number of hydrogen-bond acceptors (Lipinski definition) is 4. The van der Waals surface area contributed by atoms with Crippen LogP contribution >= 0.6 is 24.0 Å². The molecule has 6 nitrogen and oxygen atoms in total. The maximum Gasteiger partial charge on any atom is 0.191 e. The SMILES string of the molecule is CCNC(=NCc1cc(C(CC)CC)no1)NCCc1cccc(O)c1.I. The Morgan fingerprint density at radius 1 is 1.19 bits per heavy atom. The van der Waals surface area contributed by atoms with E-state index in [0.29, 0.717) is 18.2 Å². The van der Waals surface area contributed by atoms with E-state index in [4.69, 9.17) is 4.52 Å². The lowest BCUT2D eigenvalue weighted by molar-refractivity contribution is 0.372. The summed E-state index contributed by atoms with van der Waals surface area (Å²) >= 11 is 0. The minimum absolute atomic E-state index is 0. The van der Waals surface area contributed by atoms with Crippen LogP contribution in [0.3, 0.4) is 0 Å². The molecule has 27 heavy (non-hydrogen) atoms. The van der Waals surface area contributed by atoms with Crippen molar-refractivity contribution < 1.29 is 9.63 Å². The van der Waals surface area contributed by atoms with Gasteiger partial charge < -0.3 is 20.3 Å². The van der Waals surface area contributed by atoms with E-state index in [2.05, 4.69) is 34.6 Å². The molecule has 7 heteroatoms. The lowest BCUT2D eigenvalue weighted by atomic mass is 9.99. The van der Waals surface area contributed by atoms with E-state index < -0.39 is 0 Å². The van der Waals surface area contributed by atoms with Crippen LogP contribution in [0, 0.1) is 0 Å². The lowest BCUT2D eigenvalue weighted by Gasteiger charge is -2.11. The molecule has 0 fully saturated rings. The predicted molar refractivity (Wildman–Crippen MR) is 120 cm³/mol. The van der Waals surface area contributed by atoms with E-state index in [-0.39, 0.29) is 24.0 Å². The van der Waals surface area contributed by atoms with E-state index in [1.54, 1.807) is 12.1 Å². The minimum atomic E-state index is 0. The number of aromatic nitrogens is 1. The van der Waals surface area contributed by atoms with Gasteiger partial charge in [0, 0.05) is 25.1 Å². The number of nitrogens with zero attached hydrogens (tertiary/aromatic N) is 2. The van der Waals surface area contributed by atoms with Gasteiger partial charge in [-0.3, -0.25) is 0 Å². The summed E-state index contributed by atoms with van der Waals surface area (Å²) < 4.78 is 5.42. The van der Waals surface area contributed by atoms with Crippen molar-refractivity contribution in [2.75, 3.05) is 13.1 Å². The van der Waals surface area contributed by atoms with E-state index in [0.717, 1.165) is 55.3 Å². The molecule has 0 aliphatic carbocycles. The summed E-state index contributed by atoms with van der Waals surface area (Å²) in [6.45, 7) is 8.33. The van der Waals surface area contributed by atoms with Crippen molar-refractivity contribution in [1.29, 1.82) is 0 Å². The Bertz CT molecular complexity index is 699. The Kier molecular flexibility index (Phi) is 10.8. The van der Waals surface area contributed by atoms with Crippen LogP contribution in [0.4, 0.5) is 0 Å². The third kappa shape index (κ3) is 7.78. The van der Waals surface area contributed by atoms with Crippen LogP contribution in [0.25, 0.3) is 0 Å². The van der Waals surface area contributed by atoms with Crippen LogP contribution in [0.5, 0.6) is 5.75 Å². The average Bonchev–Trinajstić information content (AvgIpc) is 3.09. The van der Waals surface area contributed by atoms with Gasteiger partial charge in [0.1, 0.15) is 12.3 Å². The molecule has 1 aromatic heterocycles. The number of phenolic OH excluding ortho intramolecular Hbond substituents is 1. The molecule has 150 valence electrons. The molecule has 2 rings (SSSR count). The molecule has 0 amide bonds. The molecule has 0 aliphatic rings. The zero-order valence-electron chi connectivity index (χ0n) is 16.4. The van der Waals surface area contributed by atoms with E-state index in [1.807, 2.05) is 25.1 Å². The van der Waals surface area contributed by atoms with Crippen LogP contribution in [-0.2, 0) is 13.0 Å². The molecular formula is C20H31IN4O2. The van der Waals surface area contributed by atoms with Crippen molar-refractivity contribution in [3.8, 4) is 5.75 Å². The highest BCUT2D eigenvalue weighted by Crippen LogP contribution is 2.22. The smallest absolute Gasteiger partial charge is 0.191 e. The van der Waals surface area contributed by atoms with Gasteiger partial charge in [0.15, 0.2) is 11.7 Å². The Labute approximate surface area is 178 Å². The molecule has 0 bridgehead atoms. The van der Waals surface area contributed by atoms with Crippen molar-refractivity contribution in [1.82, 2.24) is 15.8 Å². The fourth-order valence-corrected chi connectivity index (χ4v) is 2.84. The second-order valence-electron chi connectivity index (χ2n) is 6.27. The molecular weight excluding hydrogens is 455 g/mol. The number of rotatable bonds is 9. The first kappa shape index (κ1) is 23.3. The van der Waals surface area contributed by atoms with E-state index >= 15 is 0 Å². The van der Waals surface area contributed by atoms with Crippen LogP contribution in [0.1, 0.15) is 56.5 Å². The largest absolute Gasteiger partial charge is 0.508 e. The number of aromatic hydroxyl groups is 1. The first-order chi connectivity index (χ1) is 12.7. The third-order valence-electron chi connectivity index (χ3n) is 4.33. The molecule has 1 heterocycles. The molecule has 1 aromatic carbocycles. The average molecular weight is 486 g/mol. The summed E-state index contributed by atoms with van der Waals surface area (Å²) in [6.07, 6.45) is 2.93. The summed E-state index contributed by atoms with van der Waals surface area (Å²) in [5.74, 6) is 2.26. The summed E-state index contributed by atoms with van der Waals surface area (Å²) in [5.41, 5.74) is 2.10. The van der Waals surface area contributed by atoms with Crippen molar-refractivity contribution in [2.24, 2.45) is 4.99 Å². The lowest BCUT2D eigenvalue weighted by Crippen LogP contribution is -2.38. The van der Waals surface area contributed by atoms with Gasteiger partial charge in [-0.15, -0.1) is 24.0 Å². The number of nitrogens with one attached hydrogen (secondary N) is 2. The second kappa shape index (κ2) is 12.6. The summed E-state index contributed by atoms with van der Waals surface area (Å²) in [4.78, 5) is 4.57. The quantitative estimate of drug-likeness (QED) is 0.281. The highest BCUT2D eigenvalue weighted by molar-refractivity contribution is 14.0. The highest BCUT2D eigenvalue weighted by atomic mass is 127. The second-order valence-corrected chi connectivity index (χ2v) is 6.27. The summed E-state index contributed by atoms with van der Waals surface area (Å²) in [7, 11) is 0. The zero-order chi connectivity index (χ0) is 18.8. The maximum atomic E-state index is 9.52. The predicted octanol–water partition coefficient (Wildman–Crippen LogP) is 4.20. The van der Waals surface area contributed by atoms with Gasteiger partial charge in [0.2, 0.25) is 0 Å². The summed E-state index contributed by atoms with van der Waals surface area (Å²) in [6, 6.07) is 9.32. The Hall–Kier alpha value is -1.77. The molecule has 0 spiro atoms. The molecule has 0 unspecified atom stereocenters. The van der Waals surface area contributed by atoms with E-state index in [1.165, 1.54) is 0 Å². The Morgan fingerprint density at radius 3 is 2.63 bits per heavy atom. The molecule has 0 atom stereocenters. The van der Waals surface area contributed by atoms with Crippen molar-refractivity contribution in [3.63, 3.8) is 0 Å². The van der Waals surface area contributed by atoms with Crippen molar-refractivity contribution >= 4 is 29.9 Å². The first-order valence-corrected chi connectivity index (χ1v) is 9.41. The minimum Gasteiger partial charge on any atom is -0.508 e. The molecule has 3 N–H and O–H groups in total. The fourth-order valence-electron chi connectivity index (χ4n) is 2.84. The van der Waals surface area contributed by atoms with Gasteiger partial charge in [-0.25, -0.2) is 4.99 Å². The Morgan fingerprint density at radius 2 is 1.96 bits per heavy atom. The van der Waals surface area contributed by atoms with Crippen molar-refractivity contribution in [2.45, 2.75) is 52.5 Å². The van der Waals surface area contributed by atoms with Crippen molar-refractivity contribution in [3.05, 3.63) is 47.3 Å². The molecule has 2 aromatic rings. The number of benzene rings is 1. The Balaban J connectivity index is 0.00000364. The molecule has 0 radical (unpaired) electrons. The normalized spacial score (nSPS) is 11.3. The van der Waals surface area contributed by atoms with Gasteiger partial charge in [-0.1, -0.05) is 31.1 Å². The van der Waals surface area contributed by atoms with Crippen LogP contribution in [0.2, 0.25) is 0 Å². The third-order valence-corrected chi connectivity index (χ3v) is 4.33. The molecule has 0 saturated heterocycles. The van der Waals surface area contributed by atoms with Crippen LogP contribution in [0.15, 0.2) is 39.8 Å². The zero-order valence-corrected chi connectivity index (χ0v) is 18.7. The van der Waals surface area contributed by atoms with Crippen LogP contribution in [-0.4, -0.2) is 29.3 Å². The monoisotopic (exact) mass is 486 g/mol. The number of aliphatic imine (C=N–C) groups is 1. The van der Waals surface area contributed by atoms with Crippen LogP contribution < -0.4 is 10.6 Å². The summed E-state index contributed by atoms with van der Waals surface area (Å²) in [5, 5.41) is 20.2. The number of hydrogen-bond donors (Lipinski definition) is 3. The van der Waals surface area contributed by atoms with Gasteiger partial charge in [-0.2, -0.15) is 0 Å². The molecule has 0 aliphatic heterocycles.